The molecule has 14 heavy (non-hydrogen) atoms. The van der Waals surface area contributed by atoms with E-state index in [4.69, 9.17) is 9.88 Å². The number of hydrogen-bond donors (Lipinski definition) is 1. The Morgan fingerprint density at radius 3 is 2.86 bits per heavy atom. The Balaban J connectivity index is 2.06. The predicted octanol–water partition coefficient (Wildman–Crippen LogP) is 0.943. The second-order valence-electron chi connectivity index (χ2n) is 2.85. The van der Waals surface area contributed by atoms with Gasteiger partial charge in [-0.1, -0.05) is 6.07 Å². The molecule has 0 saturated heterocycles. The van der Waals surface area contributed by atoms with Gasteiger partial charge in [-0.05, 0) is 17.9 Å². The molecule has 1 aromatic rings. The Labute approximate surface area is 87.7 Å². The van der Waals surface area contributed by atoms with Gasteiger partial charge in [-0.15, -0.1) is 11.3 Å². The molecule has 0 spiro atoms. The number of primary sulfonamides is 1. The lowest BCUT2D eigenvalue weighted by Crippen LogP contribution is -2.17. The summed E-state index contributed by atoms with van der Waals surface area (Å²) in [6.07, 6.45) is 0.449. The van der Waals surface area contributed by atoms with E-state index < -0.39 is 10.0 Å². The van der Waals surface area contributed by atoms with Gasteiger partial charge in [-0.3, -0.25) is 0 Å². The van der Waals surface area contributed by atoms with Crippen molar-refractivity contribution in [1.82, 2.24) is 0 Å². The van der Waals surface area contributed by atoms with Crippen LogP contribution in [0.1, 0.15) is 11.3 Å². The molecule has 0 aromatic carbocycles. The first kappa shape index (κ1) is 11.6. The van der Waals surface area contributed by atoms with E-state index in [1.807, 2.05) is 17.5 Å². The van der Waals surface area contributed by atoms with E-state index in [0.717, 1.165) is 4.88 Å². The van der Waals surface area contributed by atoms with Crippen molar-refractivity contribution in [2.24, 2.45) is 5.14 Å². The summed E-state index contributed by atoms with van der Waals surface area (Å²) < 4.78 is 26.4. The van der Waals surface area contributed by atoms with Gasteiger partial charge >= 0.3 is 0 Å². The van der Waals surface area contributed by atoms with Crippen molar-refractivity contribution in [3.8, 4) is 0 Å². The van der Waals surface area contributed by atoms with Crippen LogP contribution in [0.2, 0.25) is 0 Å². The van der Waals surface area contributed by atoms with Gasteiger partial charge in [0.2, 0.25) is 10.0 Å². The van der Waals surface area contributed by atoms with E-state index >= 15 is 0 Å². The normalized spacial score (nSPS) is 11.8. The highest BCUT2D eigenvalue weighted by Gasteiger charge is 2.01. The zero-order valence-electron chi connectivity index (χ0n) is 7.68. The number of sulfonamides is 1. The van der Waals surface area contributed by atoms with E-state index in [1.165, 1.54) is 0 Å². The Hall–Kier alpha value is -0.430. The van der Waals surface area contributed by atoms with Gasteiger partial charge in [0.05, 0.1) is 12.4 Å². The second kappa shape index (κ2) is 5.45. The Morgan fingerprint density at radius 2 is 2.29 bits per heavy atom. The highest BCUT2D eigenvalue weighted by Crippen LogP contribution is 2.09. The van der Waals surface area contributed by atoms with Crippen LogP contribution in [0.3, 0.4) is 0 Å². The van der Waals surface area contributed by atoms with Crippen molar-refractivity contribution in [2.45, 2.75) is 13.0 Å². The summed E-state index contributed by atoms with van der Waals surface area (Å²) in [5.41, 5.74) is 0. The van der Waals surface area contributed by atoms with E-state index in [0.29, 0.717) is 19.6 Å². The third-order valence-corrected chi connectivity index (χ3v) is 3.25. The fourth-order valence-electron chi connectivity index (χ4n) is 0.930. The largest absolute Gasteiger partial charge is 0.376 e. The second-order valence-corrected chi connectivity index (χ2v) is 5.62. The summed E-state index contributed by atoms with van der Waals surface area (Å²) in [5.74, 6) is -0.0164. The standard InChI is InChI=1S/C8H13NO3S2/c9-14(10,11)6-2-4-12-7-8-3-1-5-13-8/h1,3,5H,2,4,6-7H2,(H2,9,10,11). The molecule has 1 aromatic heterocycles. The molecule has 0 atom stereocenters. The van der Waals surface area contributed by atoms with Crippen molar-refractivity contribution in [3.05, 3.63) is 22.4 Å². The van der Waals surface area contributed by atoms with E-state index in [9.17, 15) is 8.42 Å². The predicted molar refractivity (Wildman–Crippen MR) is 56.6 cm³/mol. The minimum absolute atomic E-state index is 0.0164. The SMILES string of the molecule is NS(=O)(=O)CCCOCc1cccs1. The first-order chi connectivity index (χ1) is 6.58. The number of nitrogens with two attached hydrogens (primary N) is 1. The molecule has 0 fully saturated rings. The molecule has 80 valence electrons. The van der Waals surface area contributed by atoms with Crippen LogP contribution in [-0.4, -0.2) is 20.8 Å². The van der Waals surface area contributed by atoms with Crippen LogP contribution >= 0.6 is 11.3 Å². The molecular formula is C8H13NO3S2. The topological polar surface area (TPSA) is 69.4 Å². The van der Waals surface area contributed by atoms with Crippen LogP contribution in [0, 0.1) is 0 Å². The molecule has 1 rings (SSSR count). The molecule has 0 aliphatic carbocycles. The van der Waals surface area contributed by atoms with Crippen molar-refractivity contribution < 1.29 is 13.2 Å². The van der Waals surface area contributed by atoms with Gasteiger partial charge in [0, 0.05) is 11.5 Å². The lowest BCUT2D eigenvalue weighted by atomic mass is 10.5. The van der Waals surface area contributed by atoms with Crippen LogP contribution in [-0.2, 0) is 21.4 Å². The summed E-state index contributed by atoms with van der Waals surface area (Å²) in [6.45, 7) is 0.969. The van der Waals surface area contributed by atoms with Crippen LogP contribution < -0.4 is 5.14 Å². The fourth-order valence-corrected chi connectivity index (χ4v) is 2.09. The van der Waals surface area contributed by atoms with E-state index in [1.54, 1.807) is 11.3 Å². The van der Waals surface area contributed by atoms with Crippen LogP contribution in [0.4, 0.5) is 0 Å². The molecular weight excluding hydrogens is 222 g/mol. The van der Waals surface area contributed by atoms with E-state index in [-0.39, 0.29) is 5.75 Å². The van der Waals surface area contributed by atoms with Gasteiger partial charge in [0.1, 0.15) is 0 Å². The molecule has 6 heteroatoms. The minimum Gasteiger partial charge on any atom is -0.376 e. The summed E-state index contributed by atoms with van der Waals surface area (Å²) >= 11 is 1.62. The van der Waals surface area contributed by atoms with Crippen molar-refractivity contribution >= 4 is 21.4 Å². The number of thiophene rings is 1. The number of ether oxygens (including phenoxy) is 1. The lowest BCUT2D eigenvalue weighted by Gasteiger charge is -2.01. The third kappa shape index (κ3) is 5.33. The Morgan fingerprint density at radius 1 is 1.50 bits per heavy atom. The van der Waals surface area contributed by atoms with Crippen molar-refractivity contribution in [3.63, 3.8) is 0 Å². The summed E-state index contributed by atoms with van der Waals surface area (Å²) in [7, 11) is -3.34. The summed E-state index contributed by atoms with van der Waals surface area (Å²) in [6, 6.07) is 3.93. The Kier molecular flexibility index (Phi) is 4.53. The molecule has 0 bridgehead atoms. The van der Waals surface area contributed by atoms with Gasteiger partial charge in [0.25, 0.3) is 0 Å². The zero-order valence-corrected chi connectivity index (χ0v) is 9.31. The first-order valence-electron chi connectivity index (χ1n) is 4.18. The number of rotatable bonds is 6. The molecule has 1 heterocycles. The molecule has 0 amide bonds. The quantitative estimate of drug-likeness (QED) is 0.746. The zero-order chi connectivity index (χ0) is 10.4. The highest BCUT2D eigenvalue weighted by atomic mass is 32.2. The van der Waals surface area contributed by atoms with E-state index in [2.05, 4.69) is 0 Å². The molecule has 0 unspecified atom stereocenters. The fraction of sp³-hybridized carbons (Fsp3) is 0.500. The summed E-state index contributed by atoms with van der Waals surface area (Å²) in [5, 5.41) is 6.81. The van der Waals surface area contributed by atoms with Crippen molar-refractivity contribution in [2.75, 3.05) is 12.4 Å². The average molecular weight is 235 g/mol. The molecule has 0 aliphatic heterocycles. The van der Waals surface area contributed by atoms with Gasteiger partial charge in [-0.25, -0.2) is 13.6 Å². The van der Waals surface area contributed by atoms with Crippen molar-refractivity contribution in [1.29, 1.82) is 0 Å². The van der Waals surface area contributed by atoms with Gasteiger partial charge in [0.15, 0.2) is 0 Å². The number of hydrogen-bond acceptors (Lipinski definition) is 4. The average Bonchev–Trinajstić information content (AvgIpc) is 2.54. The van der Waals surface area contributed by atoms with Crippen LogP contribution in [0.5, 0.6) is 0 Å². The maximum Gasteiger partial charge on any atom is 0.209 e. The van der Waals surface area contributed by atoms with Crippen LogP contribution in [0.25, 0.3) is 0 Å². The first-order valence-corrected chi connectivity index (χ1v) is 6.78. The van der Waals surface area contributed by atoms with Gasteiger partial charge < -0.3 is 4.74 Å². The molecule has 2 N–H and O–H groups in total. The highest BCUT2D eigenvalue weighted by molar-refractivity contribution is 7.89. The monoisotopic (exact) mass is 235 g/mol. The molecule has 0 radical (unpaired) electrons. The van der Waals surface area contributed by atoms with Crippen LogP contribution in [0.15, 0.2) is 17.5 Å². The molecule has 4 nitrogen and oxygen atoms in total. The van der Waals surface area contributed by atoms with Gasteiger partial charge in [-0.2, -0.15) is 0 Å². The smallest absolute Gasteiger partial charge is 0.209 e. The molecule has 0 aliphatic rings. The minimum atomic E-state index is -3.34. The Bertz CT molecular complexity index is 345. The third-order valence-electron chi connectivity index (χ3n) is 1.54. The lowest BCUT2D eigenvalue weighted by molar-refractivity contribution is 0.124. The maximum absolute atomic E-state index is 10.5. The maximum atomic E-state index is 10.5. The molecule has 0 saturated carbocycles. The summed E-state index contributed by atoms with van der Waals surface area (Å²) in [4.78, 5) is 1.14.